The average molecular weight is 426 g/mol. The van der Waals surface area contributed by atoms with Gasteiger partial charge in [0.15, 0.2) is 11.6 Å². The molecule has 0 bridgehead atoms. The van der Waals surface area contributed by atoms with Gasteiger partial charge in [-0.15, -0.1) is 0 Å². The summed E-state index contributed by atoms with van der Waals surface area (Å²) in [7, 11) is 0. The molecule has 0 spiro atoms. The summed E-state index contributed by atoms with van der Waals surface area (Å²) in [6, 6.07) is -0.185. The van der Waals surface area contributed by atoms with Crippen LogP contribution in [0, 0.1) is 18.6 Å². The third kappa shape index (κ3) is 3.79. The number of aromatic nitrogens is 1. The van der Waals surface area contributed by atoms with Gasteiger partial charge in [-0.3, -0.25) is 19.8 Å². The zero-order valence-corrected chi connectivity index (χ0v) is 17.2. The molecule has 1 aliphatic rings. The maximum atomic E-state index is 15.3. The minimum atomic E-state index is -0.963. The highest BCUT2D eigenvalue weighted by atomic mass is 32.1. The topological polar surface area (TPSA) is 117 Å². The molecule has 1 fully saturated rings. The molecule has 6 N–H and O–H groups in total. The Labute approximate surface area is 171 Å². The number of H-pyrrole nitrogens is 1. The molecule has 158 valence electrons. The van der Waals surface area contributed by atoms with E-state index in [1.54, 1.807) is 0 Å². The van der Waals surface area contributed by atoms with E-state index in [1.807, 2.05) is 6.92 Å². The van der Waals surface area contributed by atoms with Crippen LogP contribution in [-0.4, -0.2) is 29.3 Å². The summed E-state index contributed by atoms with van der Waals surface area (Å²) < 4.78 is 33.0. The van der Waals surface area contributed by atoms with Crippen molar-refractivity contribution < 1.29 is 13.6 Å². The summed E-state index contributed by atoms with van der Waals surface area (Å²) >= 11 is 1.07. The van der Waals surface area contributed by atoms with Crippen LogP contribution < -0.4 is 27.5 Å². The summed E-state index contributed by atoms with van der Waals surface area (Å²) in [5.41, 5.74) is 6.51. The molecule has 0 amide bonds. The lowest BCUT2D eigenvalue weighted by atomic mass is 9.95. The van der Waals surface area contributed by atoms with Crippen molar-refractivity contribution >= 4 is 28.7 Å². The Morgan fingerprint density at radius 3 is 2.66 bits per heavy atom. The van der Waals surface area contributed by atoms with Crippen LogP contribution in [0.5, 0.6) is 0 Å². The minimum Gasteiger partial charge on any atom is -0.365 e. The first-order chi connectivity index (χ1) is 13.8. The maximum absolute atomic E-state index is 15.3. The number of benzene rings is 1. The van der Waals surface area contributed by atoms with Crippen LogP contribution in [0.1, 0.15) is 52.5 Å². The summed E-state index contributed by atoms with van der Waals surface area (Å²) in [5.74, 6) is 2.97. The molecule has 10 heteroatoms. The lowest BCUT2D eigenvalue weighted by molar-refractivity contribution is 0.103. The number of carbonyl (C=O) groups excluding carboxylic acids is 1. The van der Waals surface area contributed by atoms with Gasteiger partial charge in [-0.1, -0.05) is 24.9 Å². The van der Waals surface area contributed by atoms with Crippen molar-refractivity contribution in [3.63, 3.8) is 0 Å². The third-order valence-corrected chi connectivity index (χ3v) is 6.20. The number of nitrogens with two attached hydrogens (primary N) is 2. The Morgan fingerprint density at radius 2 is 2.07 bits per heavy atom. The number of carbonyl (C=O) groups is 1. The number of nitrogen functional groups attached to an aromatic ring is 1. The number of aromatic amines is 1. The predicted molar refractivity (Wildman–Crippen MR) is 111 cm³/mol. The standard InChI is InChI=1S/C19H25F2N5O2S/c1-3-4-5-11-13(19(28)25-29-11)18(27)12-9(2)14(20)17(15(21)16(12)24-23)26-7-6-10(22)8-26/h10,24H,3-8,22-23H2,1-2H3,(H,25,28). The van der Waals surface area contributed by atoms with Crippen molar-refractivity contribution in [2.24, 2.45) is 11.6 Å². The van der Waals surface area contributed by atoms with Crippen LogP contribution in [-0.2, 0) is 6.42 Å². The zero-order chi connectivity index (χ0) is 21.3. The minimum absolute atomic E-state index is 0.0631. The molecular weight excluding hydrogens is 400 g/mol. The van der Waals surface area contributed by atoms with Gasteiger partial charge < -0.3 is 16.1 Å². The van der Waals surface area contributed by atoms with E-state index in [2.05, 4.69) is 9.80 Å². The van der Waals surface area contributed by atoms with Gasteiger partial charge in [-0.05, 0) is 26.2 Å². The fraction of sp³-hybridized carbons (Fsp3) is 0.474. The van der Waals surface area contributed by atoms with Crippen LogP contribution >= 0.6 is 11.5 Å². The van der Waals surface area contributed by atoms with Crippen molar-refractivity contribution in [1.82, 2.24) is 4.37 Å². The average Bonchev–Trinajstić information content (AvgIpc) is 3.27. The van der Waals surface area contributed by atoms with Crippen LogP contribution in [0.2, 0.25) is 0 Å². The molecule has 1 aliphatic heterocycles. The summed E-state index contributed by atoms with van der Waals surface area (Å²) in [6.07, 6.45) is 2.80. The van der Waals surface area contributed by atoms with E-state index in [4.69, 9.17) is 11.6 Å². The first kappa shape index (κ1) is 21.4. The fourth-order valence-corrected chi connectivity index (χ4v) is 4.54. The van der Waals surface area contributed by atoms with Crippen molar-refractivity contribution in [3.05, 3.63) is 43.6 Å². The lowest BCUT2D eigenvalue weighted by Crippen LogP contribution is -2.29. The molecule has 2 heterocycles. The molecule has 1 aromatic carbocycles. The van der Waals surface area contributed by atoms with E-state index in [0.29, 0.717) is 30.8 Å². The molecule has 0 radical (unpaired) electrons. The quantitative estimate of drug-likeness (QED) is 0.307. The van der Waals surface area contributed by atoms with Crippen molar-refractivity contribution in [3.8, 4) is 0 Å². The van der Waals surface area contributed by atoms with Crippen LogP contribution in [0.4, 0.5) is 20.2 Å². The Hall–Kier alpha value is -2.30. The fourth-order valence-electron chi connectivity index (χ4n) is 3.69. The summed E-state index contributed by atoms with van der Waals surface area (Å²) in [6.45, 7) is 4.08. The number of aryl methyl sites for hydroxylation is 1. The number of anilines is 2. The molecule has 1 saturated heterocycles. The Morgan fingerprint density at radius 1 is 1.34 bits per heavy atom. The van der Waals surface area contributed by atoms with Gasteiger partial charge in [0.25, 0.3) is 5.56 Å². The second kappa shape index (κ2) is 8.60. The maximum Gasteiger partial charge on any atom is 0.269 e. The molecule has 29 heavy (non-hydrogen) atoms. The highest BCUT2D eigenvalue weighted by molar-refractivity contribution is 7.06. The van der Waals surface area contributed by atoms with Gasteiger partial charge in [0.2, 0.25) is 5.78 Å². The number of nitrogens with zero attached hydrogens (tertiary/aromatic N) is 1. The number of hydrazine groups is 1. The van der Waals surface area contributed by atoms with Crippen molar-refractivity contribution in [2.75, 3.05) is 23.4 Å². The Kier molecular flexibility index (Phi) is 6.35. The highest BCUT2D eigenvalue weighted by Crippen LogP contribution is 2.37. The molecule has 3 rings (SSSR count). The SMILES string of the molecule is CCCCc1s[nH]c(=O)c1C(=O)c1c(C)c(F)c(N2CCC(N)C2)c(F)c1NN. The number of unbranched alkanes of at least 4 members (excludes halogenated alkanes) is 1. The summed E-state index contributed by atoms with van der Waals surface area (Å²) in [5, 5.41) is 0. The van der Waals surface area contributed by atoms with Crippen LogP contribution in [0.3, 0.4) is 0 Å². The molecule has 7 nitrogen and oxygen atoms in total. The molecule has 1 aromatic heterocycles. The van der Waals surface area contributed by atoms with Crippen LogP contribution in [0.25, 0.3) is 0 Å². The number of hydrogen-bond donors (Lipinski definition) is 4. The highest BCUT2D eigenvalue weighted by Gasteiger charge is 2.33. The second-order valence-electron chi connectivity index (χ2n) is 7.25. The number of rotatable bonds is 7. The number of nitrogens with one attached hydrogen (secondary N) is 2. The molecule has 2 aromatic rings. The van der Waals surface area contributed by atoms with Gasteiger partial charge in [0.1, 0.15) is 11.3 Å². The molecule has 1 unspecified atom stereocenters. The lowest BCUT2D eigenvalue weighted by Gasteiger charge is -2.24. The molecule has 1 atom stereocenters. The van der Waals surface area contributed by atoms with E-state index in [0.717, 1.165) is 24.4 Å². The smallest absolute Gasteiger partial charge is 0.269 e. The van der Waals surface area contributed by atoms with Gasteiger partial charge in [0.05, 0.1) is 11.3 Å². The number of hydrogen-bond acceptors (Lipinski definition) is 7. The first-order valence-electron chi connectivity index (χ1n) is 9.55. The van der Waals surface area contributed by atoms with E-state index < -0.39 is 23.0 Å². The third-order valence-electron chi connectivity index (χ3n) is 5.26. The van der Waals surface area contributed by atoms with Gasteiger partial charge in [-0.25, -0.2) is 8.78 Å². The number of ketones is 1. The van der Waals surface area contributed by atoms with E-state index in [9.17, 15) is 9.59 Å². The van der Waals surface area contributed by atoms with Crippen molar-refractivity contribution in [1.29, 1.82) is 0 Å². The normalized spacial score (nSPS) is 16.5. The second-order valence-corrected chi connectivity index (χ2v) is 8.16. The van der Waals surface area contributed by atoms with E-state index in [1.165, 1.54) is 11.8 Å². The first-order valence-corrected chi connectivity index (χ1v) is 10.4. The molecule has 0 saturated carbocycles. The monoisotopic (exact) mass is 425 g/mol. The zero-order valence-electron chi connectivity index (χ0n) is 16.4. The van der Waals surface area contributed by atoms with Gasteiger partial charge >= 0.3 is 0 Å². The van der Waals surface area contributed by atoms with Gasteiger partial charge in [0, 0.05) is 29.6 Å². The van der Waals surface area contributed by atoms with Gasteiger partial charge in [-0.2, -0.15) is 0 Å². The molecule has 0 aliphatic carbocycles. The Bertz CT molecular complexity index is 988. The van der Waals surface area contributed by atoms with E-state index >= 15 is 8.78 Å². The van der Waals surface area contributed by atoms with Crippen LogP contribution in [0.15, 0.2) is 4.79 Å². The largest absolute Gasteiger partial charge is 0.365 e. The number of halogens is 2. The Balaban J connectivity index is 2.15. The predicted octanol–water partition coefficient (Wildman–Crippen LogP) is 2.42. The van der Waals surface area contributed by atoms with Crippen molar-refractivity contribution in [2.45, 2.75) is 45.6 Å². The molecular formula is C19H25F2N5O2S. The summed E-state index contributed by atoms with van der Waals surface area (Å²) in [4.78, 5) is 27.6. The van der Waals surface area contributed by atoms with E-state index in [-0.39, 0.29) is 34.1 Å².